The molecule has 0 aromatic heterocycles. The summed E-state index contributed by atoms with van der Waals surface area (Å²) in [5.74, 6) is 0. The molecule has 1 aliphatic heterocycles. The zero-order valence-corrected chi connectivity index (χ0v) is 6.17. The van der Waals surface area contributed by atoms with Gasteiger partial charge in [-0.3, -0.25) is 4.99 Å². The average Bonchev–Trinajstić information content (AvgIpc) is 1.77. The molecule has 2 atom stereocenters. The van der Waals surface area contributed by atoms with Crippen LogP contribution in [0.3, 0.4) is 0 Å². The third kappa shape index (κ3) is 1.15. The van der Waals surface area contributed by atoms with Gasteiger partial charge in [0.25, 0.3) is 0 Å². The Morgan fingerprint density at radius 2 is 2.38 bits per heavy atom. The summed E-state index contributed by atoms with van der Waals surface area (Å²) in [6.07, 6.45) is 3.43. The Labute approximate surface area is 56.9 Å². The maximum atomic E-state index is 4.04. The van der Waals surface area contributed by atoms with Crippen LogP contribution in [-0.2, 0) is 0 Å². The molecule has 0 radical (unpaired) electrons. The van der Waals surface area contributed by atoms with Crippen molar-refractivity contribution in [3.63, 3.8) is 0 Å². The van der Waals surface area contributed by atoms with Crippen LogP contribution in [0, 0.1) is 0 Å². The van der Waals surface area contributed by atoms with E-state index in [0.717, 1.165) is 0 Å². The first-order chi connectivity index (χ1) is 3.80. The second-order valence-electron chi connectivity index (χ2n) is 1.75. The minimum atomic E-state index is 0.326. The Kier molecular flexibility index (Phi) is 1.78. The van der Waals surface area contributed by atoms with Crippen molar-refractivity contribution in [2.75, 3.05) is 0 Å². The Balaban J connectivity index is 2.59. The highest BCUT2D eigenvalue weighted by molar-refractivity contribution is 9.10. The molecule has 0 N–H and O–H groups in total. The van der Waals surface area contributed by atoms with Crippen molar-refractivity contribution in [3.8, 4) is 0 Å². The Morgan fingerprint density at radius 1 is 1.62 bits per heavy atom. The van der Waals surface area contributed by atoms with Crippen molar-refractivity contribution in [1.82, 2.24) is 0 Å². The lowest BCUT2D eigenvalue weighted by molar-refractivity contribution is 0.804. The molecule has 3 heteroatoms. The highest BCUT2D eigenvalue weighted by Gasteiger charge is 2.10. The van der Waals surface area contributed by atoms with Gasteiger partial charge in [-0.25, -0.2) is 4.99 Å². The zero-order valence-electron chi connectivity index (χ0n) is 4.58. The molecule has 1 aliphatic rings. The molecule has 0 aromatic rings. The third-order valence-corrected chi connectivity index (χ3v) is 2.06. The van der Waals surface area contributed by atoms with Gasteiger partial charge in [0.05, 0.1) is 10.9 Å². The maximum absolute atomic E-state index is 4.04. The van der Waals surface area contributed by atoms with Crippen LogP contribution < -0.4 is 0 Å². The summed E-state index contributed by atoms with van der Waals surface area (Å²) < 4.78 is 0. The highest BCUT2D eigenvalue weighted by Crippen LogP contribution is 2.08. The second kappa shape index (κ2) is 2.40. The number of rotatable bonds is 0. The molecule has 0 amide bonds. The molecule has 1 rings (SSSR count). The predicted octanol–water partition coefficient (Wildman–Crippen LogP) is 1.25. The minimum Gasteiger partial charge on any atom is -0.269 e. The summed E-state index contributed by atoms with van der Waals surface area (Å²) in [7, 11) is 0. The molecule has 8 heavy (non-hydrogen) atoms. The van der Waals surface area contributed by atoms with Crippen molar-refractivity contribution in [3.05, 3.63) is 0 Å². The standard InChI is InChI=1S/C5H7BrN2/c1-4-5(6)2-7-3-8-4/h2-5H,1H3/t4-,5?/m0/s1. The number of alkyl halides is 1. The van der Waals surface area contributed by atoms with E-state index in [1.807, 2.05) is 13.1 Å². The largest absolute Gasteiger partial charge is 0.269 e. The SMILES string of the molecule is C[C@@H]1N=CN=CC1Br. The number of hydrogen-bond acceptors (Lipinski definition) is 2. The van der Waals surface area contributed by atoms with Crippen LogP contribution in [0.25, 0.3) is 0 Å². The molecule has 1 heterocycles. The van der Waals surface area contributed by atoms with Crippen LogP contribution in [0.4, 0.5) is 0 Å². The van der Waals surface area contributed by atoms with Gasteiger partial charge in [-0.15, -0.1) is 0 Å². The molecule has 0 saturated heterocycles. The van der Waals surface area contributed by atoms with E-state index < -0.39 is 0 Å². The summed E-state index contributed by atoms with van der Waals surface area (Å²) in [5, 5.41) is 0. The molecule has 44 valence electrons. The number of halogens is 1. The monoisotopic (exact) mass is 174 g/mol. The molecule has 0 fully saturated rings. The molecule has 2 nitrogen and oxygen atoms in total. The molecule has 0 aromatic carbocycles. The van der Waals surface area contributed by atoms with Gasteiger partial charge in [-0.2, -0.15) is 0 Å². The summed E-state index contributed by atoms with van der Waals surface area (Å²) in [4.78, 5) is 8.21. The highest BCUT2D eigenvalue weighted by atomic mass is 79.9. The first-order valence-corrected chi connectivity index (χ1v) is 3.41. The Morgan fingerprint density at radius 3 is 2.75 bits per heavy atom. The van der Waals surface area contributed by atoms with Crippen LogP contribution in [0.15, 0.2) is 9.98 Å². The van der Waals surface area contributed by atoms with Crippen LogP contribution >= 0.6 is 15.9 Å². The van der Waals surface area contributed by atoms with E-state index in [4.69, 9.17) is 0 Å². The lowest BCUT2D eigenvalue weighted by Crippen LogP contribution is -2.18. The van der Waals surface area contributed by atoms with E-state index in [-0.39, 0.29) is 0 Å². The summed E-state index contributed by atoms with van der Waals surface area (Å²) >= 11 is 3.39. The molecule has 0 spiro atoms. The average molecular weight is 175 g/mol. The predicted molar refractivity (Wildman–Crippen MR) is 39.2 cm³/mol. The number of nitrogens with zero attached hydrogens (tertiary/aromatic N) is 2. The topological polar surface area (TPSA) is 24.7 Å². The maximum Gasteiger partial charge on any atom is 0.109 e. The van der Waals surface area contributed by atoms with Gasteiger partial charge in [0.2, 0.25) is 0 Å². The molecule has 0 bridgehead atoms. The van der Waals surface area contributed by atoms with Crippen molar-refractivity contribution in [1.29, 1.82) is 0 Å². The first-order valence-electron chi connectivity index (χ1n) is 2.50. The fraction of sp³-hybridized carbons (Fsp3) is 0.600. The van der Waals surface area contributed by atoms with Gasteiger partial charge in [0.15, 0.2) is 0 Å². The third-order valence-electron chi connectivity index (χ3n) is 1.06. The second-order valence-corrected chi connectivity index (χ2v) is 2.81. The summed E-state index contributed by atoms with van der Waals surface area (Å²) in [5.41, 5.74) is 0. The minimum absolute atomic E-state index is 0.326. The van der Waals surface area contributed by atoms with Crippen molar-refractivity contribution in [2.24, 2.45) is 9.98 Å². The molecular weight excluding hydrogens is 168 g/mol. The van der Waals surface area contributed by atoms with Gasteiger partial charge in [-0.1, -0.05) is 15.9 Å². The summed E-state index contributed by atoms with van der Waals surface area (Å²) in [6, 6.07) is 0.340. The normalized spacial score (nSPS) is 35.8. The molecule has 0 aliphatic carbocycles. The zero-order chi connectivity index (χ0) is 5.98. The van der Waals surface area contributed by atoms with Crippen LogP contribution in [0.5, 0.6) is 0 Å². The number of aliphatic imine (C=N–C) groups is 2. The smallest absolute Gasteiger partial charge is 0.109 e. The molecule has 1 unspecified atom stereocenters. The van der Waals surface area contributed by atoms with Crippen LogP contribution in [0.1, 0.15) is 6.92 Å². The molecule has 0 saturated carbocycles. The lowest BCUT2D eigenvalue weighted by Gasteiger charge is -2.10. The Bertz CT molecular complexity index is 114. The van der Waals surface area contributed by atoms with E-state index in [1.54, 1.807) is 6.34 Å². The van der Waals surface area contributed by atoms with E-state index in [2.05, 4.69) is 25.9 Å². The number of hydrogen-bond donors (Lipinski definition) is 0. The van der Waals surface area contributed by atoms with E-state index in [9.17, 15) is 0 Å². The first kappa shape index (κ1) is 5.95. The van der Waals surface area contributed by atoms with Crippen molar-refractivity contribution < 1.29 is 0 Å². The van der Waals surface area contributed by atoms with E-state index in [0.29, 0.717) is 10.9 Å². The van der Waals surface area contributed by atoms with E-state index in [1.165, 1.54) is 0 Å². The summed E-state index contributed by atoms with van der Waals surface area (Å²) in [6.45, 7) is 2.04. The van der Waals surface area contributed by atoms with E-state index >= 15 is 0 Å². The van der Waals surface area contributed by atoms with Gasteiger partial charge in [-0.05, 0) is 6.92 Å². The van der Waals surface area contributed by atoms with Gasteiger partial charge < -0.3 is 0 Å². The molecular formula is C5H7BrN2. The van der Waals surface area contributed by atoms with Crippen molar-refractivity contribution in [2.45, 2.75) is 17.8 Å². The van der Waals surface area contributed by atoms with Crippen molar-refractivity contribution >= 4 is 28.5 Å². The Hall–Kier alpha value is -0.180. The van der Waals surface area contributed by atoms with Crippen LogP contribution in [-0.4, -0.2) is 23.4 Å². The van der Waals surface area contributed by atoms with Gasteiger partial charge in [0.1, 0.15) is 6.34 Å². The van der Waals surface area contributed by atoms with Crippen LogP contribution in [0.2, 0.25) is 0 Å². The quantitative estimate of drug-likeness (QED) is 0.495. The van der Waals surface area contributed by atoms with Gasteiger partial charge in [0, 0.05) is 6.21 Å². The van der Waals surface area contributed by atoms with Gasteiger partial charge >= 0.3 is 0 Å². The fourth-order valence-corrected chi connectivity index (χ4v) is 0.744. The fourth-order valence-electron chi connectivity index (χ4n) is 0.471. The lowest BCUT2D eigenvalue weighted by atomic mass is 10.2.